The molecule has 2 heteroatoms. The summed E-state index contributed by atoms with van der Waals surface area (Å²) in [7, 11) is 0. The molecule has 1 heterocycles. The summed E-state index contributed by atoms with van der Waals surface area (Å²) in [6.07, 6.45) is 6.19. The molecule has 0 bridgehead atoms. The van der Waals surface area contributed by atoms with E-state index in [-0.39, 0.29) is 0 Å². The highest BCUT2D eigenvalue weighted by atomic mass is 16.3. The van der Waals surface area contributed by atoms with Gasteiger partial charge in [0.25, 0.3) is 0 Å². The molecule has 0 saturated heterocycles. The molecule has 2 nitrogen and oxygen atoms in total. The Bertz CT molecular complexity index is 479. The maximum atomic E-state index is 9.87. The maximum absolute atomic E-state index is 9.87. The van der Waals surface area contributed by atoms with E-state index in [4.69, 9.17) is 0 Å². The van der Waals surface area contributed by atoms with Crippen LogP contribution in [0.25, 0.3) is 10.9 Å². The van der Waals surface area contributed by atoms with Crippen molar-refractivity contribution in [2.24, 2.45) is 0 Å². The number of pyridine rings is 1. The highest BCUT2D eigenvalue weighted by Gasteiger charge is 2.07. The number of fused-ring (bicyclic) bond motifs is 1. The third kappa shape index (κ3) is 2.16. The number of unbranched alkanes of at least 4 members (excludes halogenated alkanes) is 2. The molecule has 0 aliphatic carbocycles. The number of hydrogen-bond donors (Lipinski definition) is 1. The quantitative estimate of drug-likeness (QED) is 0.789. The molecule has 0 saturated carbocycles. The Morgan fingerprint density at radius 2 is 2.06 bits per heavy atom. The van der Waals surface area contributed by atoms with Gasteiger partial charge < -0.3 is 5.11 Å². The van der Waals surface area contributed by atoms with Crippen LogP contribution in [-0.2, 0) is 6.42 Å². The van der Waals surface area contributed by atoms with Gasteiger partial charge in [0.15, 0.2) is 0 Å². The van der Waals surface area contributed by atoms with Crippen molar-refractivity contribution in [1.82, 2.24) is 4.98 Å². The van der Waals surface area contributed by atoms with Crippen LogP contribution in [0.2, 0.25) is 0 Å². The van der Waals surface area contributed by atoms with Gasteiger partial charge in [-0.1, -0.05) is 25.8 Å². The summed E-state index contributed by atoms with van der Waals surface area (Å²) in [6.45, 7) is 2.18. The minimum atomic E-state index is 0.377. The number of aromatic nitrogens is 1. The Hall–Kier alpha value is -1.57. The van der Waals surface area contributed by atoms with Crippen LogP contribution in [0, 0.1) is 0 Å². The number of phenols is 1. The zero-order valence-electron chi connectivity index (χ0n) is 9.61. The summed E-state index contributed by atoms with van der Waals surface area (Å²) in [5, 5.41) is 11.0. The highest BCUT2D eigenvalue weighted by molar-refractivity contribution is 5.83. The van der Waals surface area contributed by atoms with Crippen molar-refractivity contribution in [1.29, 1.82) is 0 Å². The molecule has 16 heavy (non-hydrogen) atoms. The fraction of sp³-hybridized carbons (Fsp3) is 0.357. The van der Waals surface area contributed by atoms with Crippen molar-refractivity contribution in [3.63, 3.8) is 0 Å². The SMILES string of the molecule is CCCCCc1c(O)ccc2cccnc12. The third-order valence-electron chi connectivity index (χ3n) is 2.89. The zero-order valence-corrected chi connectivity index (χ0v) is 9.61. The number of aromatic hydroxyl groups is 1. The largest absolute Gasteiger partial charge is 0.508 e. The molecule has 0 unspecified atom stereocenters. The van der Waals surface area contributed by atoms with E-state index in [0.29, 0.717) is 5.75 Å². The van der Waals surface area contributed by atoms with Gasteiger partial charge in [-0.05, 0) is 31.0 Å². The van der Waals surface area contributed by atoms with E-state index < -0.39 is 0 Å². The van der Waals surface area contributed by atoms with Crippen LogP contribution in [0.3, 0.4) is 0 Å². The second-order valence-electron chi connectivity index (χ2n) is 4.10. The minimum Gasteiger partial charge on any atom is -0.508 e. The van der Waals surface area contributed by atoms with Crippen molar-refractivity contribution >= 4 is 10.9 Å². The Labute approximate surface area is 96.0 Å². The molecule has 0 fully saturated rings. The molecular weight excluding hydrogens is 198 g/mol. The number of phenolic OH excluding ortho intramolecular Hbond substituents is 1. The predicted octanol–water partition coefficient (Wildman–Crippen LogP) is 3.67. The van der Waals surface area contributed by atoms with E-state index in [9.17, 15) is 5.11 Å². The molecule has 2 aromatic rings. The van der Waals surface area contributed by atoms with Gasteiger partial charge in [0, 0.05) is 17.1 Å². The first-order valence-electron chi connectivity index (χ1n) is 5.88. The van der Waals surface area contributed by atoms with Crippen LogP contribution in [0.4, 0.5) is 0 Å². The first-order valence-corrected chi connectivity index (χ1v) is 5.88. The van der Waals surface area contributed by atoms with Crippen LogP contribution in [0.15, 0.2) is 30.5 Å². The molecule has 84 valence electrons. The van der Waals surface area contributed by atoms with Crippen molar-refractivity contribution in [3.8, 4) is 5.75 Å². The predicted molar refractivity (Wildman–Crippen MR) is 66.6 cm³/mol. The maximum Gasteiger partial charge on any atom is 0.120 e. The smallest absolute Gasteiger partial charge is 0.120 e. The zero-order chi connectivity index (χ0) is 11.4. The lowest BCUT2D eigenvalue weighted by Gasteiger charge is -2.07. The summed E-state index contributed by atoms with van der Waals surface area (Å²) >= 11 is 0. The summed E-state index contributed by atoms with van der Waals surface area (Å²) in [5.41, 5.74) is 1.94. The number of benzene rings is 1. The van der Waals surface area contributed by atoms with E-state index in [1.807, 2.05) is 18.2 Å². The van der Waals surface area contributed by atoms with Gasteiger partial charge in [0.05, 0.1) is 5.52 Å². The van der Waals surface area contributed by atoms with Crippen LogP contribution in [-0.4, -0.2) is 10.1 Å². The van der Waals surface area contributed by atoms with Crippen molar-refractivity contribution < 1.29 is 5.11 Å². The minimum absolute atomic E-state index is 0.377. The summed E-state index contributed by atoms with van der Waals surface area (Å²) in [4.78, 5) is 4.36. The standard InChI is InChI=1S/C14H17NO/c1-2-3-4-7-12-13(16)9-8-11-6-5-10-15-14(11)12/h5-6,8-10,16H,2-4,7H2,1H3. The Morgan fingerprint density at radius 1 is 1.19 bits per heavy atom. The summed E-state index contributed by atoms with van der Waals surface area (Å²) in [5.74, 6) is 0.377. The van der Waals surface area contributed by atoms with Gasteiger partial charge in [0.2, 0.25) is 0 Å². The van der Waals surface area contributed by atoms with Crippen LogP contribution < -0.4 is 0 Å². The molecule has 0 aliphatic heterocycles. The van der Waals surface area contributed by atoms with Crippen LogP contribution >= 0.6 is 0 Å². The monoisotopic (exact) mass is 215 g/mol. The van der Waals surface area contributed by atoms with Crippen molar-refractivity contribution in [2.75, 3.05) is 0 Å². The lowest BCUT2D eigenvalue weighted by Crippen LogP contribution is -1.91. The lowest BCUT2D eigenvalue weighted by molar-refractivity contribution is 0.467. The van der Waals surface area contributed by atoms with Crippen LogP contribution in [0.1, 0.15) is 31.7 Å². The van der Waals surface area contributed by atoms with E-state index >= 15 is 0 Å². The number of aryl methyl sites for hydroxylation is 1. The fourth-order valence-corrected chi connectivity index (χ4v) is 1.99. The van der Waals surface area contributed by atoms with E-state index in [1.54, 1.807) is 12.3 Å². The van der Waals surface area contributed by atoms with Crippen LogP contribution in [0.5, 0.6) is 5.75 Å². The lowest BCUT2D eigenvalue weighted by atomic mass is 10.0. The van der Waals surface area contributed by atoms with Crippen molar-refractivity contribution in [3.05, 3.63) is 36.0 Å². The van der Waals surface area contributed by atoms with E-state index in [1.165, 1.54) is 12.8 Å². The van der Waals surface area contributed by atoms with E-state index in [2.05, 4.69) is 11.9 Å². The number of nitrogens with zero attached hydrogens (tertiary/aromatic N) is 1. The molecule has 1 N–H and O–H groups in total. The van der Waals surface area contributed by atoms with Gasteiger partial charge in [-0.2, -0.15) is 0 Å². The van der Waals surface area contributed by atoms with Gasteiger partial charge in [-0.3, -0.25) is 4.98 Å². The fourth-order valence-electron chi connectivity index (χ4n) is 1.99. The van der Waals surface area contributed by atoms with Gasteiger partial charge in [0.1, 0.15) is 5.75 Å². The van der Waals surface area contributed by atoms with Gasteiger partial charge in [-0.15, -0.1) is 0 Å². The molecular formula is C14H17NO. The van der Waals surface area contributed by atoms with Crippen molar-refractivity contribution in [2.45, 2.75) is 32.6 Å². The molecule has 0 radical (unpaired) electrons. The second kappa shape index (κ2) is 4.97. The molecule has 0 amide bonds. The topological polar surface area (TPSA) is 33.1 Å². The average molecular weight is 215 g/mol. The third-order valence-corrected chi connectivity index (χ3v) is 2.89. The van der Waals surface area contributed by atoms with Gasteiger partial charge >= 0.3 is 0 Å². The Kier molecular flexibility index (Phi) is 3.40. The first kappa shape index (κ1) is 10.9. The van der Waals surface area contributed by atoms with E-state index in [0.717, 1.165) is 29.3 Å². The Morgan fingerprint density at radius 3 is 2.88 bits per heavy atom. The number of hydrogen-bond acceptors (Lipinski definition) is 2. The molecule has 1 aromatic heterocycles. The molecule has 0 atom stereocenters. The average Bonchev–Trinajstić information content (AvgIpc) is 2.32. The normalized spacial score (nSPS) is 10.8. The summed E-state index contributed by atoms with van der Waals surface area (Å²) in [6, 6.07) is 7.65. The van der Waals surface area contributed by atoms with Gasteiger partial charge in [-0.25, -0.2) is 0 Å². The summed E-state index contributed by atoms with van der Waals surface area (Å²) < 4.78 is 0. The second-order valence-corrected chi connectivity index (χ2v) is 4.10. The Balaban J connectivity index is 2.37. The first-order chi connectivity index (χ1) is 7.83. The molecule has 0 spiro atoms. The molecule has 2 rings (SSSR count). The molecule has 1 aromatic carbocycles. The number of rotatable bonds is 4. The highest BCUT2D eigenvalue weighted by Crippen LogP contribution is 2.26. The molecule has 0 aliphatic rings.